The summed E-state index contributed by atoms with van der Waals surface area (Å²) in [6.07, 6.45) is -0.0428. The second-order valence-electron chi connectivity index (χ2n) is 4.17. The molecule has 5 heteroatoms. The van der Waals surface area contributed by atoms with Crippen molar-refractivity contribution in [3.63, 3.8) is 0 Å². The van der Waals surface area contributed by atoms with Crippen molar-refractivity contribution in [2.45, 2.75) is 30.6 Å². The van der Waals surface area contributed by atoms with Crippen molar-refractivity contribution in [2.75, 3.05) is 6.26 Å². The van der Waals surface area contributed by atoms with E-state index in [2.05, 4.69) is 0 Å². The molecule has 0 aromatic heterocycles. The third-order valence-electron chi connectivity index (χ3n) is 2.99. The fourth-order valence-corrected chi connectivity index (χ4v) is 2.96. The van der Waals surface area contributed by atoms with E-state index in [0.717, 1.165) is 11.8 Å². The van der Waals surface area contributed by atoms with Crippen LogP contribution in [0, 0.1) is 6.92 Å². The lowest BCUT2D eigenvalue weighted by atomic mass is 9.99. The molecular formula is C12H17ClO3S. The smallest absolute Gasteiger partial charge is 0.174 e. The number of halogens is 1. The summed E-state index contributed by atoms with van der Waals surface area (Å²) in [5, 5.41) is 10.2. The summed E-state index contributed by atoms with van der Waals surface area (Å²) >= 11 is 6.12. The van der Waals surface area contributed by atoms with Crippen molar-refractivity contribution >= 4 is 21.4 Å². The predicted octanol–water partition coefficient (Wildman–Crippen LogP) is 2.42. The molecule has 0 amide bonds. The molecule has 0 aliphatic carbocycles. The Bertz CT molecular complexity index is 498. The summed E-state index contributed by atoms with van der Waals surface area (Å²) in [5.41, 5.74) is 1.37. The molecule has 0 aliphatic heterocycles. The van der Waals surface area contributed by atoms with Crippen molar-refractivity contribution in [1.82, 2.24) is 0 Å². The van der Waals surface area contributed by atoms with Crippen molar-refractivity contribution < 1.29 is 13.5 Å². The van der Waals surface area contributed by atoms with E-state index in [0.29, 0.717) is 5.56 Å². The first-order valence-electron chi connectivity index (χ1n) is 5.36. The first-order valence-corrected chi connectivity index (χ1v) is 7.63. The number of rotatable bonds is 4. The molecule has 1 aromatic rings. The third kappa shape index (κ3) is 2.64. The molecule has 0 heterocycles. The lowest BCUT2D eigenvalue weighted by Crippen LogP contribution is -2.38. The predicted molar refractivity (Wildman–Crippen MR) is 69.9 cm³/mol. The van der Waals surface area contributed by atoms with Gasteiger partial charge >= 0.3 is 0 Å². The van der Waals surface area contributed by atoms with Gasteiger partial charge in [0.1, 0.15) is 6.10 Å². The highest BCUT2D eigenvalue weighted by Gasteiger charge is 2.45. The van der Waals surface area contributed by atoms with Crippen LogP contribution in [0.4, 0.5) is 0 Å². The summed E-state index contributed by atoms with van der Waals surface area (Å²) in [5.74, 6) is 0. The summed E-state index contributed by atoms with van der Waals surface area (Å²) in [7, 11) is -3.56. The Morgan fingerprint density at radius 1 is 1.41 bits per heavy atom. The van der Waals surface area contributed by atoms with Crippen LogP contribution in [-0.2, 0) is 9.84 Å². The van der Waals surface area contributed by atoms with Gasteiger partial charge in [-0.1, -0.05) is 42.8 Å². The zero-order valence-electron chi connectivity index (χ0n) is 10.1. The Kier molecular flexibility index (Phi) is 4.23. The van der Waals surface area contributed by atoms with Gasteiger partial charge in [-0.15, -0.1) is 0 Å². The summed E-state index contributed by atoms with van der Waals surface area (Å²) in [4.78, 5) is 0. The summed E-state index contributed by atoms with van der Waals surface area (Å²) < 4.78 is 21.8. The molecule has 0 saturated carbocycles. The quantitative estimate of drug-likeness (QED) is 0.860. The van der Waals surface area contributed by atoms with Crippen LogP contribution in [0.2, 0.25) is 0 Å². The molecule has 0 fully saturated rings. The molecule has 0 bridgehead atoms. The Hall–Kier alpha value is -0.580. The molecule has 0 saturated heterocycles. The maximum atomic E-state index is 11.7. The number of aliphatic hydroxyl groups excluding tert-OH is 1. The molecule has 96 valence electrons. The number of aryl methyl sites for hydroxylation is 1. The minimum atomic E-state index is -3.56. The molecule has 1 aromatic carbocycles. The molecule has 1 N–H and O–H groups in total. The highest BCUT2D eigenvalue weighted by molar-refractivity contribution is 7.93. The second-order valence-corrected chi connectivity index (χ2v) is 7.34. The van der Waals surface area contributed by atoms with Gasteiger partial charge in [-0.3, -0.25) is 0 Å². The first kappa shape index (κ1) is 14.5. The van der Waals surface area contributed by atoms with Crippen LogP contribution in [0.3, 0.4) is 0 Å². The monoisotopic (exact) mass is 276 g/mol. The van der Waals surface area contributed by atoms with Crippen LogP contribution < -0.4 is 0 Å². The normalized spacial score (nSPS) is 17.5. The number of hydrogen-bond donors (Lipinski definition) is 1. The number of hydrogen-bond acceptors (Lipinski definition) is 3. The van der Waals surface area contributed by atoms with E-state index >= 15 is 0 Å². The number of sulfone groups is 1. The molecule has 2 unspecified atom stereocenters. The van der Waals surface area contributed by atoms with E-state index in [1.54, 1.807) is 19.1 Å². The van der Waals surface area contributed by atoms with E-state index in [4.69, 9.17) is 11.6 Å². The Balaban J connectivity index is 3.29. The molecule has 17 heavy (non-hydrogen) atoms. The van der Waals surface area contributed by atoms with Crippen LogP contribution in [0.1, 0.15) is 30.6 Å². The van der Waals surface area contributed by atoms with Gasteiger partial charge in [0.15, 0.2) is 14.0 Å². The number of benzene rings is 1. The lowest BCUT2D eigenvalue weighted by molar-refractivity contribution is 0.154. The van der Waals surface area contributed by atoms with Crippen LogP contribution in [0.25, 0.3) is 0 Å². The van der Waals surface area contributed by atoms with E-state index < -0.39 is 20.1 Å². The molecule has 1 rings (SSSR count). The largest absolute Gasteiger partial charge is 0.385 e. The van der Waals surface area contributed by atoms with Crippen LogP contribution >= 0.6 is 11.6 Å². The maximum absolute atomic E-state index is 11.7. The van der Waals surface area contributed by atoms with Crippen molar-refractivity contribution in [2.24, 2.45) is 0 Å². The Labute approximate surface area is 107 Å². The van der Waals surface area contributed by atoms with Gasteiger partial charge in [-0.25, -0.2) is 8.42 Å². The molecule has 0 spiro atoms. The molecule has 0 radical (unpaired) electrons. The van der Waals surface area contributed by atoms with E-state index in [1.165, 1.54) is 0 Å². The fourth-order valence-electron chi connectivity index (χ4n) is 1.78. The van der Waals surface area contributed by atoms with Gasteiger partial charge < -0.3 is 5.11 Å². The standard InChI is InChI=1S/C12H17ClO3S/c1-4-12(13,17(3,15)16)11(14)10-8-6-5-7-9(10)2/h5-8,11,14H,4H2,1-3H3. The summed E-state index contributed by atoms with van der Waals surface area (Å²) in [6, 6.07) is 7.08. The number of aliphatic hydroxyl groups is 1. The SMILES string of the molecule is CCC(Cl)(C(O)c1ccccc1C)S(C)(=O)=O. The second kappa shape index (κ2) is 4.96. The van der Waals surface area contributed by atoms with Crippen molar-refractivity contribution in [3.05, 3.63) is 35.4 Å². The lowest BCUT2D eigenvalue weighted by Gasteiger charge is -2.30. The van der Waals surface area contributed by atoms with E-state index in [9.17, 15) is 13.5 Å². The minimum Gasteiger partial charge on any atom is -0.385 e. The van der Waals surface area contributed by atoms with Gasteiger partial charge in [-0.05, 0) is 24.5 Å². The van der Waals surface area contributed by atoms with Gasteiger partial charge in [-0.2, -0.15) is 0 Å². The average molecular weight is 277 g/mol. The minimum absolute atomic E-state index is 0.142. The van der Waals surface area contributed by atoms with Gasteiger partial charge in [0, 0.05) is 6.26 Å². The van der Waals surface area contributed by atoms with Gasteiger partial charge in [0.05, 0.1) is 0 Å². The van der Waals surface area contributed by atoms with E-state index in [1.807, 2.05) is 19.1 Å². The topological polar surface area (TPSA) is 54.4 Å². The average Bonchev–Trinajstić information content (AvgIpc) is 2.26. The van der Waals surface area contributed by atoms with Gasteiger partial charge in [0.25, 0.3) is 0 Å². The fraction of sp³-hybridized carbons (Fsp3) is 0.500. The summed E-state index contributed by atoms with van der Waals surface area (Å²) in [6.45, 7) is 3.46. The van der Waals surface area contributed by atoms with Crippen LogP contribution in [0.15, 0.2) is 24.3 Å². The molecule has 2 atom stereocenters. The zero-order valence-corrected chi connectivity index (χ0v) is 11.7. The Morgan fingerprint density at radius 2 is 1.94 bits per heavy atom. The molecule has 0 aliphatic rings. The highest BCUT2D eigenvalue weighted by atomic mass is 35.5. The van der Waals surface area contributed by atoms with Crippen LogP contribution in [0.5, 0.6) is 0 Å². The molecular weight excluding hydrogens is 260 g/mol. The van der Waals surface area contributed by atoms with Gasteiger partial charge in [0.2, 0.25) is 0 Å². The number of alkyl halides is 1. The maximum Gasteiger partial charge on any atom is 0.174 e. The highest BCUT2D eigenvalue weighted by Crippen LogP contribution is 2.40. The Morgan fingerprint density at radius 3 is 2.35 bits per heavy atom. The van der Waals surface area contributed by atoms with Crippen molar-refractivity contribution in [1.29, 1.82) is 0 Å². The van der Waals surface area contributed by atoms with E-state index in [-0.39, 0.29) is 6.42 Å². The molecule has 3 nitrogen and oxygen atoms in total. The third-order valence-corrected chi connectivity index (χ3v) is 6.05. The first-order chi connectivity index (χ1) is 7.74. The zero-order chi connectivity index (χ0) is 13.3. The van der Waals surface area contributed by atoms with Crippen LogP contribution in [-0.4, -0.2) is 24.0 Å². The van der Waals surface area contributed by atoms with Crippen molar-refractivity contribution in [3.8, 4) is 0 Å².